The lowest BCUT2D eigenvalue weighted by Crippen LogP contribution is -2.52. The van der Waals surface area contributed by atoms with Crippen molar-refractivity contribution in [1.29, 1.82) is 5.26 Å². The molecule has 2 atom stereocenters. The lowest BCUT2D eigenvalue weighted by Gasteiger charge is -2.28. The highest BCUT2D eigenvalue weighted by molar-refractivity contribution is 5.96. The minimum absolute atomic E-state index is 0.0707. The number of carbonyl (C=O) groups is 3. The lowest BCUT2D eigenvalue weighted by molar-refractivity contribution is -0.130. The molecule has 0 unspecified atom stereocenters. The summed E-state index contributed by atoms with van der Waals surface area (Å²) in [6, 6.07) is 8.60. The highest BCUT2D eigenvalue weighted by Gasteiger charge is 2.32. The van der Waals surface area contributed by atoms with Crippen molar-refractivity contribution in [2.45, 2.75) is 52.2 Å². The Bertz CT molecular complexity index is 766. The van der Waals surface area contributed by atoms with Crippen LogP contribution in [0.1, 0.15) is 50.9 Å². The Morgan fingerprint density at radius 3 is 2.37 bits per heavy atom. The van der Waals surface area contributed by atoms with Crippen molar-refractivity contribution in [2.24, 2.45) is 5.92 Å². The first-order valence-electron chi connectivity index (χ1n) is 9.02. The molecule has 0 saturated carbocycles. The average molecular weight is 371 g/mol. The predicted molar refractivity (Wildman–Crippen MR) is 99.9 cm³/mol. The second-order valence-corrected chi connectivity index (χ2v) is 7.20. The summed E-state index contributed by atoms with van der Waals surface area (Å²) in [5.41, 5.74) is -0.0136. The molecule has 2 amide bonds. The van der Waals surface area contributed by atoms with Crippen molar-refractivity contribution < 1.29 is 19.1 Å². The number of nitriles is 1. The number of hydrogen-bond acceptors (Lipinski definition) is 5. The summed E-state index contributed by atoms with van der Waals surface area (Å²) < 4.78 is 5.21. The second-order valence-electron chi connectivity index (χ2n) is 7.20. The van der Waals surface area contributed by atoms with E-state index in [0.717, 1.165) is 12.1 Å². The molecule has 1 saturated heterocycles. The first-order valence-corrected chi connectivity index (χ1v) is 9.02. The smallest absolute Gasteiger partial charge is 0.338 e. The molecule has 1 aromatic carbocycles. The third-order valence-corrected chi connectivity index (χ3v) is 4.91. The highest BCUT2D eigenvalue weighted by Crippen LogP contribution is 2.22. The maximum absolute atomic E-state index is 12.3. The SMILES string of the molecule is CC(C)[C@](C)(C#N)NC(=O)[C@@H](C)OC(=O)c1ccc(N2CCCC2=O)cc1. The van der Waals surface area contributed by atoms with E-state index in [0.29, 0.717) is 13.0 Å². The van der Waals surface area contributed by atoms with Crippen LogP contribution >= 0.6 is 0 Å². The minimum atomic E-state index is -1.04. The van der Waals surface area contributed by atoms with Crippen molar-refractivity contribution >= 4 is 23.5 Å². The summed E-state index contributed by atoms with van der Waals surface area (Å²) in [7, 11) is 0. The zero-order valence-corrected chi connectivity index (χ0v) is 16.1. The molecular weight excluding hydrogens is 346 g/mol. The van der Waals surface area contributed by atoms with Gasteiger partial charge >= 0.3 is 5.97 Å². The van der Waals surface area contributed by atoms with Gasteiger partial charge in [-0.1, -0.05) is 13.8 Å². The molecule has 1 aliphatic heterocycles. The van der Waals surface area contributed by atoms with Gasteiger partial charge in [0.05, 0.1) is 11.6 Å². The Balaban J connectivity index is 1.99. The van der Waals surface area contributed by atoms with Crippen molar-refractivity contribution in [1.82, 2.24) is 5.32 Å². The first-order chi connectivity index (χ1) is 12.7. The first kappa shape index (κ1) is 20.4. The number of benzene rings is 1. The molecule has 0 bridgehead atoms. The molecule has 7 nitrogen and oxygen atoms in total. The van der Waals surface area contributed by atoms with E-state index >= 15 is 0 Å². The Morgan fingerprint density at radius 2 is 1.89 bits per heavy atom. The van der Waals surface area contributed by atoms with Gasteiger partial charge in [-0.3, -0.25) is 9.59 Å². The fourth-order valence-corrected chi connectivity index (χ4v) is 2.64. The van der Waals surface area contributed by atoms with Crippen LogP contribution in [0.5, 0.6) is 0 Å². The number of nitrogens with one attached hydrogen (secondary N) is 1. The van der Waals surface area contributed by atoms with E-state index in [-0.39, 0.29) is 17.4 Å². The number of ether oxygens (including phenoxy) is 1. The number of rotatable bonds is 6. The standard InChI is InChI=1S/C20H25N3O4/c1-13(2)20(4,12-21)22-18(25)14(3)27-19(26)15-7-9-16(10-8-15)23-11-5-6-17(23)24/h7-10,13-14H,5-6,11H2,1-4H3,(H,22,25)/t14-,20+/m1/s1. The van der Waals surface area contributed by atoms with Crippen molar-refractivity contribution in [2.75, 3.05) is 11.4 Å². The van der Waals surface area contributed by atoms with E-state index in [4.69, 9.17) is 4.74 Å². The number of hydrogen-bond donors (Lipinski definition) is 1. The van der Waals surface area contributed by atoms with E-state index in [1.165, 1.54) is 6.92 Å². The van der Waals surface area contributed by atoms with Gasteiger partial charge in [-0.15, -0.1) is 0 Å². The molecule has 27 heavy (non-hydrogen) atoms. The van der Waals surface area contributed by atoms with Crippen LogP contribution < -0.4 is 10.2 Å². The minimum Gasteiger partial charge on any atom is -0.449 e. The van der Waals surface area contributed by atoms with Gasteiger partial charge in [0.1, 0.15) is 5.54 Å². The molecule has 1 aromatic rings. The van der Waals surface area contributed by atoms with Crippen LogP contribution in [-0.4, -0.2) is 36.0 Å². The van der Waals surface area contributed by atoms with Gasteiger partial charge in [0.2, 0.25) is 5.91 Å². The Kier molecular flexibility index (Phi) is 6.21. The average Bonchev–Trinajstić information content (AvgIpc) is 3.07. The predicted octanol–water partition coefficient (Wildman–Crippen LogP) is 2.41. The zero-order valence-electron chi connectivity index (χ0n) is 16.1. The molecule has 1 heterocycles. The summed E-state index contributed by atoms with van der Waals surface area (Å²) in [6.45, 7) is 7.41. The van der Waals surface area contributed by atoms with Crippen LogP contribution in [0, 0.1) is 17.2 Å². The summed E-state index contributed by atoms with van der Waals surface area (Å²) in [6.07, 6.45) is 0.325. The van der Waals surface area contributed by atoms with Gasteiger partial charge < -0.3 is 15.0 Å². The van der Waals surface area contributed by atoms with Gasteiger partial charge in [-0.25, -0.2) is 4.79 Å². The van der Waals surface area contributed by atoms with Crippen molar-refractivity contribution in [3.05, 3.63) is 29.8 Å². The Labute approximate surface area is 159 Å². The molecule has 1 aliphatic rings. The monoisotopic (exact) mass is 371 g/mol. The topological polar surface area (TPSA) is 99.5 Å². The van der Waals surface area contributed by atoms with Crippen molar-refractivity contribution in [3.63, 3.8) is 0 Å². The number of amides is 2. The number of carbonyl (C=O) groups excluding carboxylic acids is 3. The molecule has 0 radical (unpaired) electrons. The molecular formula is C20H25N3O4. The van der Waals surface area contributed by atoms with Gasteiger partial charge in [0.25, 0.3) is 5.91 Å². The molecule has 2 rings (SSSR count). The quantitative estimate of drug-likeness (QED) is 0.774. The number of esters is 1. The van der Waals surface area contributed by atoms with E-state index in [2.05, 4.69) is 11.4 Å². The molecule has 144 valence electrons. The molecule has 0 aliphatic carbocycles. The molecule has 7 heteroatoms. The number of nitrogens with zero attached hydrogens (tertiary/aromatic N) is 2. The maximum atomic E-state index is 12.3. The fraction of sp³-hybridized carbons (Fsp3) is 0.500. The van der Waals surface area contributed by atoms with Crippen LogP contribution in [0.25, 0.3) is 0 Å². The molecule has 1 N–H and O–H groups in total. The van der Waals surface area contributed by atoms with E-state index < -0.39 is 23.5 Å². The lowest BCUT2D eigenvalue weighted by atomic mass is 9.90. The normalized spacial score (nSPS) is 17.2. The van der Waals surface area contributed by atoms with Crippen molar-refractivity contribution in [3.8, 4) is 6.07 Å². The molecule has 0 spiro atoms. The fourth-order valence-electron chi connectivity index (χ4n) is 2.64. The van der Waals surface area contributed by atoms with E-state index in [1.807, 2.05) is 13.8 Å². The third kappa shape index (κ3) is 4.64. The van der Waals surface area contributed by atoms with Crippen LogP contribution in [0.3, 0.4) is 0 Å². The molecule has 0 aromatic heterocycles. The maximum Gasteiger partial charge on any atom is 0.338 e. The summed E-state index contributed by atoms with van der Waals surface area (Å²) in [4.78, 5) is 38.0. The van der Waals surface area contributed by atoms with Crippen LogP contribution in [0.2, 0.25) is 0 Å². The molecule has 1 fully saturated rings. The van der Waals surface area contributed by atoms with Gasteiger partial charge in [-0.2, -0.15) is 5.26 Å². The summed E-state index contributed by atoms with van der Waals surface area (Å²) in [5, 5.41) is 11.9. The second kappa shape index (κ2) is 8.21. The van der Waals surface area contributed by atoms with Gasteiger partial charge in [0.15, 0.2) is 6.10 Å². The van der Waals surface area contributed by atoms with Gasteiger partial charge in [0, 0.05) is 18.7 Å². The van der Waals surface area contributed by atoms with E-state index in [9.17, 15) is 19.6 Å². The Morgan fingerprint density at radius 1 is 1.26 bits per heavy atom. The third-order valence-electron chi connectivity index (χ3n) is 4.91. The van der Waals surface area contributed by atoms with Gasteiger partial charge in [-0.05, 0) is 50.5 Å². The number of anilines is 1. The summed E-state index contributed by atoms with van der Waals surface area (Å²) >= 11 is 0. The van der Waals surface area contributed by atoms with E-state index in [1.54, 1.807) is 36.1 Å². The summed E-state index contributed by atoms with van der Waals surface area (Å²) in [5.74, 6) is -1.20. The largest absolute Gasteiger partial charge is 0.449 e. The Hall–Kier alpha value is -2.88. The zero-order chi connectivity index (χ0) is 20.2. The van der Waals surface area contributed by atoms with Crippen LogP contribution in [0.4, 0.5) is 5.69 Å². The van der Waals surface area contributed by atoms with Crippen LogP contribution in [-0.2, 0) is 14.3 Å². The highest BCUT2D eigenvalue weighted by atomic mass is 16.5. The van der Waals surface area contributed by atoms with Crippen LogP contribution in [0.15, 0.2) is 24.3 Å².